The van der Waals surface area contributed by atoms with Gasteiger partial charge in [-0.15, -0.1) is 0 Å². The number of carbonyl (C=O) groups is 1. The number of carbonyl (C=O) groups excluding carboxylic acids is 1. The van der Waals surface area contributed by atoms with Crippen LogP contribution in [-0.2, 0) is 4.79 Å². The van der Waals surface area contributed by atoms with Crippen molar-refractivity contribution in [2.24, 2.45) is 23.7 Å². The van der Waals surface area contributed by atoms with Gasteiger partial charge in [0, 0.05) is 5.54 Å². The van der Waals surface area contributed by atoms with E-state index in [2.05, 4.69) is 5.32 Å². The summed E-state index contributed by atoms with van der Waals surface area (Å²) in [5, 5.41) is 13.3. The van der Waals surface area contributed by atoms with Crippen molar-refractivity contribution in [1.82, 2.24) is 5.32 Å². The van der Waals surface area contributed by atoms with Crippen molar-refractivity contribution in [1.29, 1.82) is 0 Å². The zero-order chi connectivity index (χ0) is 13.0. The second-order valence-corrected chi connectivity index (χ2v) is 7.79. The molecule has 5 aliphatic rings. The zero-order valence-corrected chi connectivity index (χ0v) is 11.6. The van der Waals surface area contributed by atoms with Gasteiger partial charge in [0.1, 0.15) is 0 Å². The van der Waals surface area contributed by atoms with Crippen LogP contribution < -0.4 is 5.32 Å². The molecule has 19 heavy (non-hydrogen) atoms. The van der Waals surface area contributed by atoms with E-state index in [1.807, 2.05) is 0 Å². The Kier molecular flexibility index (Phi) is 2.70. The maximum Gasteiger partial charge on any atom is 0.226 e. The lowest BCUT2D eigenvalue weighted by Gasteiger charge is -2.57. The van der Waals surface area contributed by atoms with Gasteiger partial charge in [0.15, 0.2) is 0 Å². The predicted molar refractivity (Wildman–Crippen MR) is 72.4 cm³/mol. The molecule has 1 amide bonds. The van der Waals surface area contributed by atoms with Crippen molar-refractivity contribution in [2.75, 3.05) is 0 Å². The summed E-state index contributed by atoms with van der Waals surface area (Å²) in [4.78, 5) is 12.5. The van der Waals surface area contributed by atoms with Crippen molar-refractivity contribution < 1.29 is 9.90 Å². The van der Waals surface area contributed by atoms with Crippen molar-refractivity contribution in [2.45, 2.75) is 69.4 Å². The van der Waals surface area contributed by atoms with E-state index in [-0.39, 0.29) is 17.4 Å². The molecule has 4 bridgehead atoms. The minimum atomic E-state index is -0.395. The van der Waals surface area contributed by atoms with Crippen molar-refractivity contribution in [3.63, 3.8) is 0 Å². The average molecular weight is 263 g/mol. The number of hydrogen-bond acceptors (Lipinski definition) is 2. The molecule has 2 N–H and O–H groups in total. The molecular formula is C16H25NO2. The van der Waals surface area contributed by atoms with Gasteiger partial charge in [-0.2, -0.15) is 0 Å². The van der Waals surface area contributed by atoms with Gasteiger partial charge >= 0.3 is 0 Å². The van der Waals surface area contributed by atoms with Gasteiger partial charge in [0.25, 0.3) is 0 Å². The lowest BCUT2D eigenvalue weighted by molar-refractivity contribution is -0.133. The van der Waals surface area contributed by atoms with Crippen LogP contribution in [0.4, 0.5) is 0 Å². The number of amides is 1. The summed E-state index contributed by atoms with van der Waals surface area (Å²) < 4.78 is 0. The Bertz CT molecular complexity index is 357. The molecule has 5 saturated carbocycles. The smallest absolute Gasteiger partial charge is 0.226 e. The first-order valence-corrected chi connectivity index (χ1v) is 8.14. The highest BCUT2D eigenvalue weighted by atomic mass is 16.3. The molecule has 106 valence electrons. The first kappa shape index (κ1) is 12.2. The van der Waals surface area contributed by atoms with Crippen molar-refractivity contribution in [3.8, 4) is 0 Å². The highest BCUT2D eigenvalue weighted by Crippen LogP contribution is 2.55. The molecule has 2 atom stereocenters. The summed E-state index contributed by atoms with van der Waals surface area (Å²) in [7, 11) is 0. The van der Waals surface area contributed by atoms with Crippen LogP contribution in [0.2, 0.25) is 0 Å². The molecule has 5 aliphatic carbocycles. The summed E-state index contributed by atoms with van der Waals surface area (Å²) in [6, 6.07) is 0. The summed E-state index contributed by atoms with van der Waals surface area (Å²) in [6.07, 6.45) is 10.1. The second-order valence-electron chi connectivity index (χ2n) is 7.79. The van der Waals surface area contributed by atoms with Crippen LogP contribution in [0.3, 0.4) is 0 Å². The first-order valence-electron chi connectivity index (χ1n) is 8.14. The van der Waals surface area contributed by atoms with Gasteiger partial charge in [-0.05, 0) is 75.5 Å². The van der Waals surface area contributed by atoms with E-state index in [0.29, 0.717) is 0 Å². The van der Waals surface area contributed by atoms with Crippen molar-refractivity contribution >= 4 is 5.91 Å². The minimum absolute atomic E-state index is 0.105. The van der Waals surface area contributed by atoms with Crippen molar-refractivity contribution in [3.05, 3.63) is 0 Å². The Labute approximate surface area is 115 Å². The summed E-state index contributed by atoms with van der Waals surface area (Å²) in [5.74, 6) is 2.60. The molecule has 2 unspecified atom stereocenters. The third-order valence-electron chi connectivity index (χ3n) is 6.24. The molecule has 0 aromatic rings. The van der Waals surface area contributed by atoms with E-state index in [0.717, 1.165) is 37.0 Å². The van der Waals surface area contributed by atoms with Crippen LogP contribution in [0, 0.1) is 23.7 Å². The van der Waals surface area contributed by atoms with Gasteiger partial charge in [-0.3, -0.25) is 4.79 Å². The lowest BCUT2D eigenvalue weighted by atomic mass is 9.53. The molecule has 0 spiro atoms. The molecule has 5 fully saturated rings. The monoisotopic (exact) mass is 263 g/mol. The van der Waals surface area contributed by atoms with E-state index >= 15 is 0 Å². The van der Waals surface area contributed by atoms with Gasteiger partial charge in [0.05, 0.1) is 12.0 Å². The fourth-order valence-corrected chi connectivity index (χ4v) is 5.86. The topological polar surface area (TPSA) is 49.3 Å². The molecule has 3 nitrogen and oxygen atoms in total. The quantitative estimate of drug-likeness (QED) is 0.802. The van der Waals surface area contributed by atoms with Crippen LogP contribution in [0.15, 0.2) is 0 Å². The van der Waals surface area contributed by atoms with E-state index in [1.165, 1.54) is 38.5 Å². The number of hydrogen-bond donors (Lipinski definition) is 2. The molecule has 0 aliphatic heterocycles. The highest BCUT2D eigenvalue weighted by molar-refractivity contribution is 5.80. The van der Waals surface area contributed by atoms with Gasteiger partial charge in [-0.25, -0.2) is 0 Å². The van der Waals surface area contributed by atoms with E-state index in [9.17, 15) is 9.90 Å². The molecule has 0 saturated heterocycles. The molecule has 0 radical (unpaired) electrons. The Morgan fingerprint density at radius 2 is 1.58 bits per heavy atom. The number of aliphatic hydroxyl groups excluding tert-OH is 1. The van der Waals surface area contributed by atoms with E-state index < -0.39 is 6.10 Å². The molecule has 0 aromatic carbocycles. The number of rotatable bonds is 2. The fourth-order valence-electron chi connectivity index (χ4n) is 5.86. The zero-order valence-electron chi connectivity index (χ0n) is 11.6. The fraction of sp³-hybridized carbons (Fsp3) is 0.938. The van der Waals surface area contributed by atoms with Crippen LogP contribution in [0.5, 0.6) is 0 Å². The minimum Gasteiger partial charge on any atom is -0.392 e. The molecule has 3 heteroatoms. The normalized spacial score (nSPS) is 51.5. The molecule has 0 heterocycles. The first-order chi connectivity index (χ1) is 9.13. The average Bonchev–Trinajstić information content (AvgIpc) is 2.72. The Morgan fingerprint density at radius 1 is 1.00 bits per heavy atom. The van der Waals surface area contributed by atoms with E-state index in [1.54, 1.807) is 0 Å². The molecular weight excluding hydrogens is 238 g/mol. The largest absolute Gasteiger partial charge is 0.392 e. The van der Waals surface area contributed by atoms with Crippen LogP contribution in [-0.4, -0.2) is 22.7 Å². The Morgan fingerprint density at radius 3 is 2.05 bits per heavy atom. The maximum absolute atomic E-state index is 12.5. The summed E-state index contributed by atoms with van der Waals surface area (Å²) in [5.41, 5.74) is 0.105. The third-order valence-corrected chi connectivity index (χ3v) is 6.24. The molecule has 5 rings (SSSR count). The Hall–Kier alpha value is -0.570. The third kappa shape index (κ3) is 2.01. The standard InChI is InChI=1S/C16H25NO2/c18-14-3-1-2-13(14)15(19)17-16-7-10-4-11(8-16)6-12(5-10)9-16/h10-14,18H,1-9H2,(H,17,19). The van der Waals surface area contributed by atoms with Gasteiger partial charge in [0.2, 0.25) is 5.91 Å². The lowest BCUT2D eigenvalue weighted by Crippen LogP contribution is -2.61. The number of nitrogens with one attached hydrogen (secondary N) is 1. The Balaban J connectivity index is 1.48. The van der Waals surface area contributed by atoms with Crippen LogP contribution in [0.25, 0.3) is 0 Å². The summed E-state index contributed by atoms with van der Waals surface area (Å²) >= 11 is 0. The van der Waals surface area contributed by atoms with Gasteiger partial charge < -0.3 is 10.4 Å². The van der Waals surface area contributed by atoms with Crippen LogP contribution in [0.1, 0.15) is 57.8 Å². The number of aliphatic hydroxyl groups is 1. The molecule has 0 aromatic heterocycles. The predicted octanol–water partition coefficient (Wildman–Crippen LogP) is 2.23. The van der Waals surface area contributed by atoms with Crippen LogP contribution >= 0.6 is 0 Å². The maximum atomic E-state index is 12.5. The van der Waals surface area contributed by atoms with Gasteiger partial charge in [-0.1, -0.05) is 0 Å². The summed E-state index contributed by atoms with van der Waals surface area (Å²) in [6.45, 7) is 0. The SMILES string of the molecule is O=C(NC12CC3CC(CC(C3)C1)C2)C1CCCC1O. The highest BCUT2D eigenvalue weighted by Gasteiger charge is 2.52. The second kappa shape index (κ2) is 4.21. The van der Waals surface area contributed by atoms with E-state index in [4.69, 9.17) is 0 Å².